The Morgan fingerprint density at radius 1 is 1.53 bits per heavy atom. The van der Waals surface area contributed by atoms with Gasteiger partial charge in [0.15, 0.2) is 0 Å². The smallest absolute Gasteiger partial charge is 0.346 e. The van der Waals surface area contributed by atoms with Crippen LogP contribution in [0.1, 0.15) is 6.92 Å². The molecule has 0 unspecified atom stereocenters. The first kappa shape index (κ1) is 10.4. The molecule has 1 aliphatic heterocycles. The molecule has 3 nitrogen and oxygen atoms in total. The Morgan fingerprint density at radius 2 is 2.33 bits per heavy atom. The predicted molar refractivity (Wildman–Crippen MR) is 61.3 cm³/mol. The van der Waals surface area contributed by atoms with E-state index >= 15 is 0 Å². The van der Waals surface area contributed by atoms with Crippen molar-refractivity contribution in [3.63, 3.8) is 0 Å². The average molecular weight is 223 g/mol. The Balaban J connectivity index is 2.05. The maximum absolute atomic E-state index is 11.5. The molecule has 0 aromatic heterocycles. The number of ether oxygens (including phenoxy) is 1. The molecular weight excluding hydrogens is 210 g/mol. The minimum Gasteiger partial charge on any atom is -0.462 e. The number of allylic oxidation sites excluding steroid dienone is 2. The van der Waals surface area contributed by atoms with E-state index in [0.717, 1.165) is 0 Å². The van der Waals surface area contributed by atoms with Crippen LogP contribution in [0.5, 0.6) is 0 Å². The second kappa shape index (κ2) is 4.57. The summed E-state index contributed by atoms with van der Waals surface area (Å²) in [5.74, 6) is -0.239. The first-order valence-electron chi connectivity index (χ1n) is 4.96. The molecule has 0 fully saturated rings. The van der Waals surface area contributed by atoms with Crippen LogP contribution in [0.4, 0.5) is 0 Å². The molecule has 0 saturated carbocycles. The van der Waals surface area contributed by atoms with Gasteiger partial charge in [0.05, 0.1) is 17.9 Å². The SMILES string of the molecule is CCOC(=O)C1=CN[C@H]2C=CC=C[C@@H]2S1. The number of carbonyl (C=O) groups is 1. The van der Waals surface area contributed by atoms with Gasteiger partial charge in [0.25, 0.3) is 0 Å². The number of esters is 1. The van der Waals surface area contributed by atoms with Crippen molar-refractivity contribution in [1.82, 2.24) is 5.32 Å². The third-order valence-corrected chi connectivity index (χ3v) is 3.49. The van der Waals surface area contributed by atoms with Crippen molar-refractivity contribution in [2.45, 2.75) is 18.2 Å². The van der Waals surface area contributed by atoms with Gasteiger partial charge < -0.3 is 10.1 Å². The maximum atomic E-state index is 11.5. The van der Waals surface area contributed by atoms with Crippen molar-refractivity contribution < 1.29 is 9.53 Å². The molecule has 4 heteroatoms. The summed E-state index contributed by atoms with van der Waals surface area (Å²) in [6, 6.07) is 0.290. The number of carbonyl (C=O) groups excluding carboxylic acids is 1. The van der Waals surface area contributed by atoms with Crippen molar-refractivity contribution in [3.8, 4) is 0 Å². The Labute approximate surface area is 93.3 Å². The molecule has 0 aromatic carbocycles. The van der Waals surface area contributed by atoms with Crippen molar-refractivity contribution in [1.29, 1.82) is 0 Å². The van der Waals surface area contributed by atoms with Crippen LogP contribution in [0.2, 0.25) is 0 Å². The van der Waals surface area contributed by atoms with E-state index in [1.54, 1.807) is 18.0 Å². The molecule has 0 amide bonds. The van der Waals surface area contributed by atoms with Crippen LogP contribution in [0.15, 0.2) is 35.4 Å². The van der Waals surface area contributed by atoms with Crippen LogP contribution >= 0.6 is 11.8 Å². The lowest BCUT2D eigenvalue weighted by Gasteiger charge is -2.28. The van der Waals surface area contributed by atoms with E-state index < -0.39 is 0 Å². The normalized spacial score (nSPS) is 27.7. The molecule has 2 atom stereocenters. The first-order chi connectivity index (χ1) is 7.31. The van der Waals surface area contributed by atoms with Crippen molar-refractivity contribution in [3.05, 3.63) is 35.4 Å². The third kappa shape index (κ3) is 2.26. The molecule has 80 valence electrons. The molecule has 1 N–H and O–H groups in total. The van der Waals surface area contributed by atoms with E-state index in [1.807, 2.05) is 19.1 Å². The Kier molecular flexibility index (Phi) is 3.16. The van der Waals surface area contributed by atoms with Gasteiger partial charge in [-0.05, 0) is 6.92 Å². The lowest BCUT2D eigenvalue weighted by atomic mass is 10.1. The van der Waals surface area contributed by atoms with E-state index in [-0.39, 0.29) is 12.0 Å². The summed E-state index contributed by atoms with van der Waals surface area (Å²) in [7, 11) is 0. The molecule has 0 spiro atoms. The molecule has 15 heavy (non-hydrogen) atoms. The van der Waals surface area contributed by atoms with Gasteiger partial charge in [-0.15, -0.1) is 11.8 Å². The quantitative estimate of drug-likeness (QED) is 0.721. The standard InChI is InChI=1S/C11H13NO2S/c1-2-14-11(13)10-7-12-8-5-3-4-6-9(8)15-10/h3-9,12H,2H2,1H3/t8-,9-/m0/s1. The number of hydrogen-bond donors (Lipinski definition) is 1. The highest BCUT2D eigenvalue weighted by Gasteiger charge is 2.27. The predicted octanol–water partition coefficient (Wildman–Crippen LogP) is 1.59. The van der Waals surface area contributed by atoms with Gasteiger partial charge >= 0.3 is 5.97 Å². The average Bonchev–Trinajstić information content (AvgIpc) is 2.29. The number of nitrogens with one attached hydrogen (secondary N) is 1. The zero-order valence-electron chi connectivity index (χ0n) is 8.47. The van der Waals surface area contributed by atoms with Gasteiger partial charge in [-0.2, -0.15) is 0 Å². The lowest BCUT2D eigenvalue weighted by molar-refractivity contribution is -0.137. The molecule has 2 rings (SSSR count). The molecule has 0 saturated heterocycles. The van der Waals surface area contributed by atoms with Gasteiger partial charge in [-0.3, -0.25) is 0 Å². The summed E-state index contributed by atoms with van der Waals surface area (Å²) in [4.78, 5) is 12.1. The van der Waals surface area contributed by atoms with E-state index in [2.05, 4.69) is 17.5 Å². The fourth-order valence-electron chi connectivity index (χ4n) is 1.51. The minimum absolute atomic E-state index is 0.239. The second-order valence-electron chi connectivity index (χ2n) is 3.27. The van der Waals surface area contributed by atoms with E-state index in [9.17, 15) is 4.79 Å². The largest absolute Gasteiger partial charge is 0.462 e. The van der Waals surface area contributed by atoms with Gasteiger partial charge in [-0.25, -0.2) is 4.79 Å². The molecule has 1 heterocycles. The van der Waals surface area contributed by atoms with Gasteiger partial charge in [0, 0.05) is 6.20 Å². The molecule has 0 bridgehead atoms. The molecule has 1 aliphatic carbocycles. The summed E-state index contributed by atoms with van der Waals surface area (Å²) in [5, 5.41) is 3.48. The Morgan fingerprint density at radius 3 is 3.13 bits per heavy atom. The Hall–Kier alpha value is -1.16. The third-order valence-electron chi connectivity index (χ3n) is 2.23. The molecule has 0 radical (unpaired) electrons. The zero-order valence-corrected chi connectivity index (χ0v) is 9.29. The van der Waals surface area contributed by atoms with E-state index in [0.29, 0.717) is 16.8 Å². The van der Waals surface area contributed by atoms with Gasteiger partial charge in [-0.1, -0.05) is 24.3 Å². The molecule has 0 aromatic rings. The van der Waals surface area contributed by atoms with Crippen LogP contribution < -0.4 is 5.32 Å². The maximum Gasteiger partial charge on any atom is 0.346 e. The van der Waals surface area contributed by atoms with Crippen LogP contribution in [0, 0.1) is 0 Å². The topological polar surface area (TPSA) is 38.3 Å². The van der Waals surface area contributed by atoms with Crippen LogP contribution in [-0.4, -0.2) is 23.9 Å². The molecular formula is C11H13NO2S. The summed E-state index contributed by atoms with van der Waals surface area (Å²) in [5.41, 5.74) is 0. The van der Waals surface area contributed by atoms with Crippen LogP contribution in [-0.2, 0) is 9.53 Å². The summed E-state index contributed by atoms with van der Waals surface area (Å²) >= 11 is 1.55. The number of thioether (sulfide) groups is 1. The molecule has 2 aliphatic rings. The highest BCUT2D eigenvalue weighted by Crippen LogP contribution is 2.31. The van der Waals surface area contributed by atoms with Crippen molar-refractivity contribution >= 4 is 17.7 Å². The summed E-state index contributed by atoms with van der Waals surface area (Å²) < 4.78 is 4.95. The highest BCUT2D eigenvalue weighted by atomic mass is 32.2. The lowest BCUT2D eigenvalue weighted by Crippen LogP contribution is -2.37. The van der Waals surface area contributed by atoms with Crippen LogP contribution in [0.25, 0.3) is 0 Å². The fourth-order valence-corrected chi connectivity index (χ4v) is 2.58. The van der Waals surface area contributed by atoms with Crippen molar-refractivity contribution in [2.24, 2.45) is 0 Å². The van der Waals surface area contributed by atoms with E-state index in [4.69, 9.17) is 4.74 Å². The summed E-state index contributed by atoms with van der Waals surface area (Å²) in [6.07, 6.45) is 9.94. The number of rotatable bonds is 2. The monoisotopic (exact) mass is 223 g/mol. The number of fused-ring (bicyclic) bond motifs is 1. The first-order valence-corrected chi connectivity index (χ1v) is 5.84. The minimum atomic E-state index is -0.239. The van der Waals surface area contributed by atoms with Crippen molar-refractivity contribution in [2.75, 3.05) is 6.61 Å². The number of hydrogen-bond acceptors (Lipinski definition) is 4. The Bertz CT molecular complexity index is 346. The van der Waals surface area contributed by atoms with Gasteiger partial charge in [0.2, 0.25) is 0 Å². The zero-order chi connectivity index (χ0) is 10.7. The highest BCUT2D eigenvalue weighted by molar-refractivity contribution is 8.04. The van der Waals surface area contributed by atoms with Gasteiger partial charge in [0.1, 0.15) is 4.91 Å². The fraction of sp³-hybridized carbons (Fsp3) is 0.364. The van der Waals surface area contributed by atoms with Crippen LogP contribution in [0.3, 0.4) is 0 Å². The second-order valence-corrected chi connectivity index (χ2v) is 4.49. The summed E-state index contributed by atoms with van der Waals surface area (Å²) in [6.45, 7) is 2.23. The van der Waals surface area contributed by atoms with E-state index in [1.165, 1.54) is 0 Å².